The molecule has 7 nitrogen and oxygen atoms in total. The molecule has 1 amide bonds. The highest BCUT2D eigenvalue weighted by Gasteiger charge is 2.49. The normalized spacial score (nSPS) is 22.4. The summed E-state index contributed by atoms with van der Waals surface area (Å²) in [7, 11) is 0. The van der Waals surface area contributed by atoms with Gasteiger partial charge in [0.2, 0.25) is 5.88 Å². The Bertz CT molecular complexity index is 1130. The van der Waals surface area contributed by atoms with Gasteiger partial charge in [0.1, 0.15) is 11.9 Å². The van der Waals surface area contributed by atoms with Gasteiger partial charge < -0.3 is 9.64 Å². The van der Waals surface area contributed by atoms with E-state index >= 15 is 0 Å². The number of carbonyl (C=O) groups is 1. The molecule has 2 aliphatic rings. The van der Waals surface area contributed by atoms with E-state index < -0.39 is 23.7 Å². The Morgan fingerprint density at radius 1 is 1.09 bits per heavy atom. The van der Waals surface area contributed by atoms with Gasteiger partial charge >= 0.3 is 6.18 Å². The van der Waals surface area contributed by atoms with Crippen molar-refractivity contribution in [1.29, 1.82) is 0 Å². The average Bonchev–Trinajstić information content (AvgIpc) is 3.50. The van der Waals surface area contributed by atoms with Crippen molar-refractivity contribution < 1.29 is 27.1 Å². The Morgan fingerprint density at radius 3 is 2.53 bits per heavy atom. The second kappa shape index (κ2) is 7.57. The van der Waals surface area contributed by atoms with Gasteiger partial charge in [-0.2, -0.15) is 28.2 Å². The lowest BCUT2D eigenvalue weighted by atomic mass is 10.1. The van der Waals surface area contributed by atoms with Crippen molar-refractivity contribution in [3.8, 4) is 11.6 Å². The number of carbonyl (C=O) groups excluding carboxylic acids is 1. The smallest absolute Gasteiger partial charge is 0.417 e. The first-order chi connectivity index (χ1) is 15.3. The summed E-state index contributed by atoms with van der Waals surface area (Å²) < 4.78 is 58.1. The van der Waals surface area contributed by atoms with Crippen LogP contribution in [0, 0.1) is 11.7 Å². The zero-order valence-corrected chi connectivity index (χ0v) is 16.5. The summed E-state index contributed by atoms with van der Waals surface area (Å²) in [5.41, 5.74) is -0.383. The lowest BCUT2D eigenvalue weighted by Gasteiger charge is -2.33. The molecule has 2 fully saturated rings. The maximum atomic E-state index is 14.0. The van der Waals surface area contributed by atoms with Crippen LogP contribution in [-0.2, 0) is 6.18 Å². The third-order valence-corrected chi connectivity index (χ3v) is 5.84. The molecule has 166 valence electrons. The largest absolute Gasteiger partial charge is 0.472 e. The topological polar surface area (TPSA) is 73.1 Å². The number of likely N-dealkylation sites (tertiary alicyclic amines) is 1. The van der Waals surface area contributed by atoms with Crippen molar-refractivity contribution in [3.05, 3.63) is 65.9 Å². The number of alkyl halides is 3. The predicted molar refractivity (Wildman–Crippen MR) is 103 cm³/mol. The Kier molecular flexibility index (Phi) is 4.83. The molecule has 5 rings (SSSR count). The standard InChI is InChI=1S/C21H17F4N5O2/c22-14-2-3-16(30-27-5-6-28-30)15(9-14)20(31)29-11-12-7-17(29)18(8-12)32-19-4-1-13(10-26-19)21(23,24)25/h1-6,9-10,12,17-18H,7-8,11H2/t12?,17?,18-/m0/s1. The zero-order chi connectivity index (χ0) is 22.5. The van der Waals surface area contributed by atoms with Crippen LogP contribution in [0.15, 0.2) is 48.9 Å². The van der Waals surface area contributed by atoms with Crippen molar-refractivity contribution in [2.24, 2.45) is 5.92 Å². The Hall–Kier alpha value is -3.50. The Labute approximate surface area is 179 Å². The second-order valence-corrected chi connectivity index (χ2v) is 7.88. The molecule has 0 spiro atoms. The number of benzene rings is 1. The average molecular weight is 447 g/mol. The molecule has 1 saturated heterocycles. The van der Waals surface area contributed by atoms with Gasteiger partial charge in [0, 0.05) is 18.8 Å². The van der Waals surface area contributed by atoms with Crippen LogP contribution < -0.4 is 4.74 Å². The van der Waals surface area contributed by atoms with Gasteiger partial charge in [-0.1, -0.05) is 0 Å². The highest BCUT2D eigenvalue weighted by Crippen LogP contribution is 2.41. The molecule has 2 bridgehead atoms. The van der Waals surface area contributed by atoms with Crippen LogP contribution in [0.4, 0.5) is 17.6 Å². The minimum Gasteiger partial charge on any atom is -0.472 e. The number of aromatic nitrogens is 4. The van der Waals surface area contributed by atoms with Crippen molar-refractivity contribution in [1.82, 2.24) is 24.9 Å². The van der Waals surface area contributed by atoms with E-state index in [9.17, 15) is 22.4 Å². The molecule has 1 aliphatic carbocycles. The number of nitrogens with zero attached hydrogens (tertiary/aromatic N) is 5. The van der Waals surface area contributed by atoms with E-state index in [4.69, 9.17) is 4.74 Å². The van der Waals surface area contributed by atoms with Crippen molar-refractivity contribution >= 4 is 5.91 Å². The number of amides is 1. The number of rotatable bonds is 4. The van der Waals surface area contributed by atoms with Gasteiger partial charge in [-0.25, -0.2) is 9.37 Å². The molecule has 11 heteroatoms. The fourth-order valence-electron chi connectivity index (χ4n) is 4.45. The van der Waals surface area contributed by atoms with Gasteiger partial charge in [-0.15, -0.1) is 0 Å². The van der Waals surface area contributed by atoms with Crippen molar-refractivity contribution in [2.75, 3.05) is 6.54 Å². The number of pyridine rings is 1. The lowest BCUT2D eigenvalue weighted by Crippen LogP contribution is -2.47. The van der Waals surface area contributed by atoms with E-state index in [-0.39, 0.29) is 29.3 Å². The first kappa shape index (κ1) is 20.4. The first-order valence-corrected chi connectivity index (χ1v) is 9.97. The lowest BCUT2D eigenvalue weighted by molar-refractivity contribution is -0.137. The monoisotopic (exact) mass is 447 g/mol. The molecule has 3 aromatic rings. The molecule has 0 N–H and O–H groups in total. The van der Waals surface area contributed by atoms with E-state index in [0.717, 1.165) is 18.3 Å². The van der Waals surface area contributed by atoms with Gasteiger partial charge in [-0.05, 0) is 43.0 Å². The third-order valence-electron chi connectivity index (χ3n) is 5.84. The van der Waals surface area contributed by atoms with Gasteiger partial charge in [0.15, 0.2) is 0 Å². The maximum absolute atomic E-state index is 14.0. The number of ether oxygens (including phenoxy) is 1. The van der Waals surface area contributed by atoms with Crippen LogP contribution in [0.2, 0.25) is 0 Å². The van der Waals surface area contributed by atoms with Crippen LogP contribution in [0.3, 0.4) is 0 Å². The van der Waals surface area contributed by atoms with E-state index in [0.29, 0.717) is 25.1 Å². The SMILES string of the molecule is O=C(c1cc(F)ccc1-n1nccn1)N1CC2CC1[C@@H](Oc1ccc(C(F)(F)F)cn1)C2. The van der Waals surface area contributed by atoms with E-state index in [2.05, 4.69) is 15.2 Å². The number of halogens is 4. The fourth-order valence-corrected chi connectivity index (χ4v) is 4.45. The summed E-state index contributed by atoms with van der Waals surface area (Å²) in [4.78, 5) is 20.0. The number of fused-ring (bicyclic) bond motifs is 2. The van der Waals surface area contributed by atoms with E-state index in [1.165, 1.54) is 35.4 Å². The van der Waals surface area contributed by atoms with E-state index in [1.807, 2.05) is 0 Å². The highest BCUT2D eigenvalue weighted by atomic mass is 19.4. The molecular weight excluding hydrogens is 430 g/mol. The molecule has 3 atom stereocenters. The van der Waals surface area contributed by atoms with Gasteiger partial charge in [0.25, 0.3) is 5.91 Å². The van der Waals surface area contributed by atoms with Gasteiger partial charge in [-0.3, -0.25) is 4.79 Å². The maximum Gasteiger partial charge on any atom is 0.417 e. The third kappa shape index (κ3) is 3.67. The molecule has 1 saturated carbocycles. The summed E-state index contributed by atoms with van der Waals surface area (Å²) in [5, 5.41) is 8.06. The second-order valence-electron chi connectivity index (χ2n) is 7.88. The summed E-state index contributed by atoms with van der Waals surface area (Å²) in [6.07, 6.45) is 0.0960. The minimum absolute atomic E-state index is 0.0649. The molecule has 32 heavy (non-hydrogen) atoms. The molecule has 2 unspecified atom stereocenters. The van der Waals surface area contributed by atoms with Crippen LogP contribution in [-0.4, -0.2) is 49.5 Å². The van der Waals surface area contributed by atoms with Crippen LogP contribution >= 0.6 is 0 Å². The van der Waals surface area contributed by atoms with Gasteiger partial charge in [0.05, 0.1) is 35.2 Å². The highest BCUT2D eigenvalue weighted by molar-refractivity contribution is 5.98. The minimum atomic E-state index is -4.48. The summed E-state index contributed by atoms with van der Waals surface area (Å²) in [6, 6.07) is 5.62. The summed E-state index contributed by atoms with van der Waals surface area (Å²) in [6.45, 7) is 0.492. The molecule has 0 radical (unpaired) electrons. The Balaban J connectivity index is 1.37. The molecule has 3 heterocycles. The predicted octanol–water partition coefficient (Wildman–Crippen LogP) is 3.50. The summed E-state index contributed by atoms with van der Waals surface area (Å²) >= 11 is 0. The van der Waals surface area contributed by atoms with Crippen LogP contribution in [0.25, 0.3) is 5.69 Å². The van der Waals surface area contributed by atoms with Crippen LogP contribution in [0.5, 0.6) is 5.88 Å². The van der Waals surface area contributed by atoms with Crippen LogP contribution in [0.1, 0.15) is 28.8 Å². The van der Waals surface area contributed by atoms with Crippen molar-refractivity contribution in [2.45, 2.75) is 31.2 Å². The van der Waals surface area contributed by atoms with Crippen molar-refractivity contribution in [3.63, 3.8) is 0 Å². The molecular formula is C21H17F4N5O2. The number of piperidine rings is 1. The molecule has 1 aromatic carbocycles. The number of hydrogen-bond acceptors (Lipinski definition) is 5. The number of hydrogen-bond donors (Lipinski definition) is 0. The summed E-state index contributed by atoms with van der Waals surface area (Å²) in [5.74, 6) is -0.688. The Morgan fingerprint density at radius 2 is 1.88 bits per heavy atom. The fraction of sp³-hybridized carbons (Fsp3) is 0.333. The molecule has 1 aliphatic heterocycles. The first-order valence-electron chi connectivity index (χ1n) is 9.97. The van der Waals surface area contributed by atoms with E-state index in [1.54, 1.807) is 4.90 Å². The zero-order valence-electron chi connectivity index (χ0n) is 16.5. The quantitative estimate of drug-likeness (QED) is 0.573. The molecule has 2 aromatic heterocycles.